The fraction of sp³-hybridized carbons (Fsp3) is 0.857. The van der Waals surface area contributed by atoms with Crippen molar-refractivity contribution in [2.75, 3.05) is 13.7 Å². The van der Waals surface area contributed by atoms with E-state index in [1.165, 1.54) is 0 Å². The first-order valence-corrected chi connectivity index (χ1v) is 4.05. The standard InChI is InChI=1S/C7H14ClNO3/c1-5(11-3)4-12-7(10)6(2)9-8/h5-6,9H,4H2,1-3H3/t5-,6-/m0/s1. The van der Waals surface area contributed by atoms with Crippen molar-refractivity contribution in [2.45, 2.75) is 26.0 Å². The van der Waals surface area contributed by atoms with Crippen LogP contribution < -0.4 is 4.84 Å². The van der Waals surface area contributed by atoms with Gasteiger partial charge in [-0.15, -0.1) is 0 Å². The molecule has 0 aliphatic rings. The van der Waals surface area contributed by atoms with E-state index in [0.717, 1.165) is 0 Å². The molecule has 0 rings (SSSR count). The van der Waals surface area contributed by atoms with Crippen molar-refractivity contribution in [3.05, 3.63) is 0 Å². The molecule has 0 spiro atoms. The number of halogens is 1. The van der Waals surface area contributed by atoms with Gasteiger partial charge in [0.05, 0.1) is 6.10 Å². The lowest BCUT2D eigenvalue weighted by Gasteiger charge is -2.12. The van der Waals surface area contributed by atoms with Gasteiger partial charge >= 0.3 is 5.97 Å². The van der Waals surface area contributed by atoms with Crippen LogP contribution in [-0.2, 0) is 14.3 Å². The van der Waals surface area contributed by atoms with Crippen molar-refractivity contribution in [3.63, 3.8) is 0 Å². The molecule has 0 saturated carbocycles. The molecular weight excluding hydrogens is 182 g/mol. The molecule has 0 aromatic carbocycles. The highest BCUT2D eigenvalue weighted by Gasteiger charge is 2.13. The fourth-order valence-corrected chi connectivity index (χ4v) is 0.526. The van der Waals surface area contributed by atoms with E-state index < -0.39 is 6.04 Å². The van der Waals surface area contributed by atoms with Crippen molar-refractivity contribution in [3.8, 4) is 0 Å². The molecule has 0 unspecified atom stereocenters. The number of methoxy groups -OCH3 is 1. The molecule has 4 nitrogen and oxygen atoms in total. The molecule has 72 valence electrons. The largest absolute Gasteiger partial charge is 0.462 e. The zero-order valence-electron chi connectivity index (χ0n) is 7.46. The summed E-state index contributed by atoms with van der Waals surface area (Å²) in [6.45, 7) is 3.68. The zero-order chi connectivity index (χ0) is 9.56. The quantitative estimate of drug-likeness (QED) is 0.518. The Morgan fingerprint density at radius 1 is 1.58 bits per heavy atom. The SMILES string of the molecule is CO[C@@H](C)COC(=O)[C@H](C)NCl. The molecule has 0 aromatic rings. The molecule has 5 heteroatoms. The smallest absolute Gasteiger partial charge is 0.324 e. The lowest BCUT2D eigenvalue weighted by molar-refractivity contribution is -0.148. The summed E-state index contributed by atoms with van der Waals surface area (Å²) < 4.78 is 9.72. The maximum absolute atomic E-state index is 11.0. The second-order valence-corrected chi connectivity index (χ2v) is 2.73. The molecule has 0 aromatic heterocycles. The fourth-order valence-electron chi connectivity index (χ4n) is 0.437. The summed E-state index contributed by atoms with van der Waals surface area (Å²) in [5.41, 5.74) is 0. The van der Waals surface area contributed by atoms with Crippen molar-refractivity contribution in [1.29, 1.82) is 0 Å². The van der Waals surface area contributed by atoms with Gasteiger partial charge in [0.15, 0.2) is 0 Å². The highest BCUT2D eigenvalue weighted by molar-refractivity contribution is 6.14. The van der Waals surface area contributed by atoms with Crippen molar-refractivity contribution < 1.29 is 14.3 Å². The van der Waals surface area contributed by atoms with E-state index >= 15 is 0 Å². The first kappa shape index (κ1) is 11.7. The lowest BCUT2D eigenvalue weighted by Crippen LogP contribution is -2.31. The van der Waals surface area contributed by atoms with Crippen molar-refractivity contribution >= 4 is 17.7 Å². The van der Waals surface area contributed by atoms with Crippen LogP contribution in [0.1, 0.15) is 13.8 Å². The van der Waals surface area contributed by atoms with Gasteiger partial charge in [-0.05, 0) is 25.6 Å². The normalized spacial score (nSPS) is 15.3. The van der Waals surface area contributed by atoms with Gasteiger partial charge in [0.2, 0.25) is 0 Å². The minimum absolute atomic E-state index is 0.0866. The maximum Gasteiger partial charge on any atom is 0.324 e. The second kappa shape index (κ2) is 6.22. The number of hydrogen-bond donors (Lipinski definition) is 1. The Hall–Kier alpha value is -0.320. The van der Waals surface area contributed by atoms with E-state index in [2.05, 4.69) is 4.84 Å². The van der Waals surface area contributed by atoms with E-state index in [-0.39, 0.29) is 18.7 Å². The average Bonchev–Trinajstić information content (AvgIpc) is 2.11. The van der Waals surface area contributed by atoms with Gasteiger partial charge in [0.25, 0.3) is 0 Å². The molecule has 0 bridgehead atoms. The second-order valence-electron chi connectivity index (χ2n) is 2.51. The molecular formula is C7H14ClNO3. The molecule has 12 heavy (non-hydrogen) atoms. The van der Waals surface area contributed by atoms with Crippen LogP contribution in [0.2, 0.25) is 0 Å². The highest BCUT2D eigenvalue weighted by Crippen LogP contribution is 1.93. The van der Waals surface area contributed by atoms with Gasteiger partial charge in [0, 0.05) is 7.11 Å². The average molecular weight is 196 g/mol. The molecule has 0 heterocycles. The Balaban J connectivity index is 3.56. The number of ether oxygens (including phenoxy) is 2. The topological polar surface area (TPSA) is 47.6 Å². The van der Waals surface area contributed by atoms with Gasteiger partial charge in [-0.1, -0.05) is 0 Å². The Kier molecular flexibility index (Phi) is 6.06. The van der Waals surface area contributed by atoms with Gasteiger partial charge < -0.3 is 9.47 Å². The summed E-state index contributed by atoms with van der Waals surface area (Å²) in [6.07, 6.45) is -0.0866. The summed E-state index contributed by atoms with van der Waals surface area (Å²) in [6, 6.07) is -0.490. The van der Waals surface area contributed by atoms with Gasteiger partial charge in [-0.2, -0.15) is 0 Å². The van der Waals surface area contributed by atoms with Crippen molar-refractivity contribution in [1.82, 2.24) is 4.84 Å². The third-order valence-electron chi connectivity index (χ3n) is 1.38. The van der Waals surface area contributed by atoms with Crippen LogP contribution in [0.4, 0.5) is 0 Å². The predicted molar refractivity (Wildman–Crippen MR) is 45.9 cm³/mol. The van der Waals surface area contributed by atoms with Crippen LogP contribution in [-0.4, -0.2) is 31.8 Å². The molecule has 0 radical (unpaired) electrons. The van der Waals surface area contributed by atoms with Gasteiger partial charge in [-0.3, -0.25) is 4.79 Å². The Labute approximate surface area is 77.3 Å². The Morgan fingerprint density at radius 3 is 2.58 bits per heavy atom. The molecule has 0 aliphatic heterocycles. The van der Waals surface area contributed by atoms with E-state index in [0.29, 0.717) is 0 Å². The summed E-state index contributed by atoms with van der Waals surface area (Å²) in [5, 5.41) is 0. The Morgan fingerprint density at radius 2 is 2.17 bits per heavy atom. The molecule has 0 aliphatic carbocycles. The van der Waals surface area contributed by atoms with Crippen molar-refractivity contribution in [2.24, 2.45) is 0 Å². The summed E-state index contributed by atoms with van der Waals surface area (Å²) in [7, 11) is 1.56. The van der Waals surface area contributed by atoms with E-state index in [9.17, 15) is 4.79 Å². The van der Waals surface area contributed by atoms with Crippen LogP contribution in [0.3, 0.4) is 0 Å². The summed E-state index contributed by atoms with van der Waals surface area (Å²) in [5.74, 6) is -0.381. The number of carbonyl (C=O) groups is 1. The van der Waals surface area contributed by atoms with Gasteiger partial charge in [-0.25, -0.2) is 4.84 Å². The summed E-state index contributed by atoms with van der Waals surface area (Å²) >= 11 is 5.21. The van der Waals surface area contributed by atoms with Crippen LogP contribution in [0.5, 0.6) is 0 Å². The first-order chi connectivity index (χ1) is 5.61. The van der Waals surface area contributed by atoms with E-state index in [1.807, 2.05) is 6.92 Å². The lowest BCUT2D eigenvalue weighted by atomic mass is 10.4. The number of carbonyl (C=O) groups excluding carboxylic acids is 1. The van der Waals surface area contributed by atoms with E-state index in [4.69, 9.17) is 21.3 Å². The monoisotopic (exact) mass is 195 g/mol. The number of esters is 1. The molecule has 0 fully saturated rings. The number of hydrogen-bond acceptors (Lipinski definition) is 4. The van der Waals surface area contributed by atoms with Crippen LogP contribution in [0.25, 0.3) is 0 Å². The zero-order valence-corrected chi connectivity index (χ0v) is 8.22. The highest BCUT2D eigenvalue weighted by atomic mass is 35.5. The number of rotatable bonds is 5. The van der Waals surface area contributed by atoms with Crippen LogP contribution >= 0.6 is 11.8 Å². The molecule has 0 saturated heterocycles. The minimum atomic E-state index is -0.490. The number of nitrogens with one attached hydrogen (secondary N) is 1. The molecule has 2 atom stereocenters. The molecule has 1 N–H and O–H groups in total. The third-order valence-corrected chi connectivity index (χ3v) is 1.71. The molecule has 0 amide bonds. The Bertz CT molecular complexity index is 143. The van der Waals surface area contributed by atoms with E-state index in [1.54, 1.807) is 14.0 Å². The van der Waals surface area contributed by atoms with Crippen LogP contribution in [0.15, 0.2) is 0 Å². The predicted octanol–water partition coefficient (Wildman–Crippen LogP) is 0.696. The maximum atomic E-state index is 11.0. The van der Waals surface area contributed by atoms with Gasteiger partial charge in [0.1, 0.15) is 12.6 Å². The minimum Gasteiger partial charge on any atom is -0.462 e. The third kappa shape index (κ3) is 4.54. The van der Waals surface area contributed by atoms with Crippen LogP contribution in [0, 0.1) is 0 Å². The first-order valence-electron chi connectivity index (χ1n) is 3.67. The summed E-state index contributed by atoms with van der Waals surface area (Å²) in [4.78, 5) is 13.2.